The molecule has 0 fully saturated rings. The van der Waals surface area contributed by atoms with Gasteiger partial charge >= 0.3 is 0 Å². The molecular weight excluding hydrogens is 247 g/mol. The van der Waals surface area contributed by atoms with Crippen molar-refractivity contribution in [3.05, 3.63) is 32.4 Å². The number of halogens is 1. The molecule has 1 rings (SSSR count). The molecule has 0 aliphatic heterocycles. The minimum atomic E-state index is 1.14. The van der Waals surface area contributed by atoms with E-state index >= 15 is 0 Å². The number of hydrogen-bond acceptors (Lipinski definition) is 0. The van der Waals surface area contributed by atoms with Crippen LogP contribution in [-0.4, -0.2) is 0 Å². The summed E-state index contributed by atoms with van der Waals surface area (Å²) in [5.74, 6) is 0. The lowest BCUT2D eigenvalue weighted by Gasteiger charge is -2.05. The summed E-state index contributed by atoms with van der Waals surface area (Å²) in [4.78, 5) is 0. The van der Waals surface area contributed by atoms with Crippen molar-refractivity contribution < 1.29 is 0 Å². The van der Waals surface area contributed by atoms with Crippen LogP contribution in [0, 0.1) is 17.4 Å². The van der Waals surface area contributed by atoms with Crippen LogP contribution in [0.5, 0.6) is 0 Å². The monoisotopic (exact) mass is 260 g/mol. The Kier molecular flexibility index (Phi) is 2.93. The van der Waals surface area contributed by atoms with Gasteiger partial charge in [0.2, 0.25) is 0 Å². The van der Waals surface area contributed by atoms with E-state index in [1.165, 1.54) is 20.3 Å². The quantitative estimate of drug-likeness (QED) is 0.678. The van der Waals surface area contributed by atoms with Gasteiger partial charge in [0.1, 0.15) is 0 Å². The summed E-state index contributed by atoms with van der Waals surface area (Å²) in [5, 5.41) is 0. The zero-order chi connectivity index (χ0) is 8.43. The Morgan fingerprint density at radius 1 is 1.18 bits per heavy atom. The highest BCUT2D eigenvalue weighted by Gasteiger charge is 1.99. The summed E-state index contributed by atoms with van der Waals surface area (Å²) in [6.07, 6.45) is 1.14. The number of benzene rings is 1. The molecule has 60 valence electrons. The molecule has 0 N–H and O–H groups in total. The predicted molar refractivity (Wildman–Crippen MR) is 58.0 cm³/mol. The molecule has 0 aliphatic rings. The standard InChI is InChI=1S/C10H13I/c1-4-9-5-8(3)10(11)6-7(9)2/h5-6H,4H2,1-3H3. The number of hydrogen-bond donors (Lipinski definition) is 0. The van der Waals surface area contributed by atoms with E-state index in [-0.39, 0.29) is 0 Å². The van der Waals surface area contributed by atoms with Crippen LogP contribution in [-0.2, 0) is 6.42 Å². The molecule has 0 spiro atoms. The second-order valence-electron chi connectivity index (χ2n) is 2.88. The zero-order valence-electron chi connectivity index (χ0n) is 7.24. The van der Waals surface area contributed by atoms with Crippen LogP contribution in [0.1, 0.15) is 23.6 Å². The molecule has 0 aromatic heterocycles. The molecule has 0 bridgehead atoms. The lowest BCUT2D eigenvalue weighted by atomic mass is 10.0. The lowest BCUT2D eigenvalue weighted by molar-refractivity contribution is 1.10. The smallest absolute Gasteiger partial charge is 0.0162 e. The summed E-state index contributed by atoms with van der Waals surface area (Å²) in [5.41, 5.74) is 4.29. The first-order chi connectivity index (χ1) is 5.15. The molecule has 0 aliphatic carbocycles. The van der Waals surface area contributed by atoms with Gasteiger partial charge in [-0.2, -0.15) is 0 Å². The van der Waals surface area contributed by atoms with Gasteiger partial charge in [-0.25, -0.2) is 0 Å². The fraction of sp³-hybridized carbons (Fsp3) is 0.400. The SMILES string of the molecule is CCc1cc(C)c(I)cc1C. The maximum atomic E-state index is 2.38. The first-order valence-electron chi connectivity index (χ1n) is 3.90. The molecule has 0 saturated carbocycles. The van der Waals surface area contributed by atoms with Gasteiger partial charge in [0.25, 0.3) is 0 Å². The van der Waals surface area contributed by atoms with E-state index in [1.807, 2.05) is 0 Å². The molecule has 1 heteroatoms. The van der Waals surface area contributed by atoms with Crippen LogP contribution in [0.4, 0.5) is 0 Å². The molecule has 0 atom stereocenters. The molecule has 0 heterocycles. The highest BCUT2D eigenvalue weighted by molar-refractivity contribution is 14.1. The highest BCUT2D eigenvalue weighted by Crippen LogP contribution is 2.17. The summed E-state index contributed by atoms with van der Waals surface area (Å²) >= 11 is 2.38. The molecule has 0 unspecified atom stereocenters. The van der Waals surface area contributed by atoms with Gasteiger partial charge in [-0.05, 0) is 65.6 Å². The molecule has 1 aromatic rings. The zero-order valence-corrected chi connectivity index (χ0v) is 9.40. The van der Waals surface area contributed by atoms with Crippen LogP contribution >= 0.6 is 22.6 Å². The largest absolute Gasteiger partial charge is 0.0613 e. The van der Waals surface area contributed by atoms with Gasteiger partial charge < -0.3 is 0 Å². The van der Waals surface area contributed by atoms with E-state index in [1.54, 1.807) is 0 Å². The van der Waals surface area contributed by atoms with Crippen molar-refractivity contribution in [1.82, 2.24) is 0 Å². The molecule has 0 amide bonds. The van der Waals surface area contributed by atoms with Crippen LogP contribution in [0.3, 0.4) is 0 Å². The Bertz CT molecular complexity index is 264. The average molecular weight is 260 g/mol. The second-order valence-corrected chi connectivity index (χ2v) is 4.04. The van der Waals surface area contributed by atoms with Gasteiger partial charge in [-0.15, -0.1) is 0 Å². The predicted octanol–water partition coefficient (Wildman–Crippen LogP) is 3.47. The molecule has 0 radical (unpaired) electrons. The topological polar surface area (TPSA) is 0 Å². The maximum Gasteiger partial charge on any atom is 0.0162 e. The minimum Gasteiger partial charge on any atom is -0.0613 e. The van der Waals surface area contributed by atoms with E-state index in [4.69, 9.17) is 0 Å². The van der Waals surface area contributed by atoms with Crippen molar-refractivity contribution in [1.29, 1.82) is 0 Å². The van der Waals surface area contributed by atoms with Gasteiger partial charge in [-0.3, -0.25) is 0 Å². The van der Waals surface area contributed by atoms with Crippen LogP contribution in [0.15, 0.2) is 12.1 Å². The van der Waals surface area contributed by atoms with Crippen LogP contribution < -0.4 is 0 Å². The van der Waals surface area contributed by atoms with Crippen molar-refractivity contribution in [2.75, 3.05) is 0 Å². The third kappa shape index (κ3) is 1.95. The Morgan fingerprint density at radius 3 is 2.36 bits per heavy atom. The normalized spacial score (nSPS) is 10.2. The fourth-order valence-corrected chi connectivity index (χ4v) is 1.84. The van der Waals surface area contributed by atoms with Crippen molar-refractivity contribution >= 4 is 22.6 Å². The van der Waals surface area contributed by atoms with E-state index in [0.717, 1.165) is 6.42 Å². The molecule has 0 saturated heterocycles. The van der Waals surface area contributed by atoms with Crippen molar-refractivity contribution in [3.8, 4) is 0 Å². The summed E-state index contributed by atoms with van der Waals surface area (Å²) < 4.78 is 1.37. The Labute approximate surface area is 82.2 Å². The number of aryl methyl sites for hydroxylation is 3. The van der Waals surface area contributed by atoms with E-state index in [0.29, 0.717) is 0 Å². The third-order valence-electron chi connectivity index (χ3n) is 2.00. The van der Waals surface area contributed by atoms with Crippen molar-refractivity contribution in [2.45, 2.75) is 27.2 Å². The Balaban J connectivity index is 3.21. The Morgan fingerprint density at radius 2 is 1.82 bits per heavy atom. The van der Waals surface area contributed by atoms with Gasteiger partial charge in [0.05, 0.1) is 0 Å². The fourth-order valence-electron chi connectivity index (χ4n) is 1.22. The van der Waals surface area contributed by atoms with E-state index < -0.39 is 0 Å². The molecule has 11 heavy (non-hydrogen) atoms. The summed E-state index contributed by atoms with van der Waals surface area (Å²) in [6.45, 7) is 6.55. The van der Waals surface area contributed by atoms with E-state index in [9.17, 15) is 0 Å². The van der Waals surface area contributed by atoms with Crippen molar-refractivity contribution in [3.63, 3.8) is 0 Å². The first-order valence-corrected chi connectivity index (χ1v) is 4.98. The van der Waals surface area contributed by atoms with Crippen molar-refractivity contribution in [2.24, 2.45) is 0 Å². The summed E-state index contributed by atoms with van der Waals surface area (Å²) in [7, 11) is 0. The van der Waals surface area contributed by atoms with Crippen LogP contribution in [0.2, 0.25) is 0 Å². The highest BCUT2D eigenvalue weighted by atomic mass is 127. The Hall–Kier alpha value is -0.0500. The van der Waals surface area contributed by atoms with Crippen LogP contribution in [0.25, 0.3) is 0 Å². The van der Waals surface area contributed by atoms with Gasteiger partial charge in [-0.1, -0.05) is 13.0 Å². The van der Waals surface area contributed by atoms with E-state index in [2.05, 4.69) is 55.5 Å². The third-order valence-corrected chi connectivity index (χ3v) is 3.16. The second kappa shape index (κ2) is 3.57. The van der Waals surface area contributed by atoms with Gasteiger partial charge in [0, 0.05) is 3.57 Å². The molecule has 1 aromatic carbocycles. The lowest BCUT2D eigenvalue weighted by Crippen LogP contribution is -1.90. The average Bonchev–Trinajstić information content (AvgIpc) is 1.97. The summed E-state index contributed by atoms with van der Waals surface area (Å²) in [6, 6.07) is 4.55. The number of rotatable bonds is 1. The first kappa shape index (κ1) is 9.04. The molecular formula is C10H13I. The van der Waals surface area contributed by atoms with Gasteiger partial charge in [0.15, 0.2) is 0 Å². The minimum absolute atomic E-state index is 1.14. The molecule has 0 nitrogen and oxygen atoms in total. The maximum absolute atomic E-state index is 2.38.